The smallest absolute Gasteiger partial charge is 0.260 e. The van der Waals surface area contributed by atoms with Crippen molar-refractivity contribution in [2.24, 2.45) is 0 Å². The molecule has 0 unspecified atom stereocenters. The van der Waals surface area contributed by atoms with Gasteiger partial charge in [0.15, 0.2) is 6.61 Å². The fourth-order valence-electron chi connectivity index (χ4n) is 5.21. The number of fused-ring (bicyclic) bond motifs is 1. The number of carbonyl (C=O) groups is 2. The molecule has 3 aromatic rings. The summed E-state index contributed by atoms with van der Waals surface area (Å²) >= 11 is 0. The predicted molar refractivity (Wildman–Crippen MR) is 167 cm³/mol. The second-order valence-electron chi connectivity index (χ2n) is 11.1. The summed E-state index contributed by atoms with van der Waals surface area (Å²) in [5.74, 6) is 0.709. The van der Waals surface area contributed by atoms with E-state index >= 15 is 0 Å². The summed E-state index contributed by atoms with van der Waals surface area (Å²) in [6, 6.07) is 26.2. The van der Waals surface area contributed by atoms with Crippen molar-refractivity contribution < 1.29 is 14.3 Å². The first kappa shape index (κ1) is 30.1. The number of amides is 2. The molecule has 0 aliphatic carbocycles. The lowest BCUT2D eigenvalue weighted by Gasteiger charge is -2.30. The second kappa shape index (κ2) is 14.7. The Morgan fingerprint density at radius 1 is 0.854 bits per heavy atom. The molecule has 4 rings (SSSR count). The van der Waals surface area contributed by atoms with Crippen LogP contribution >= 0.6 is 0 Å². The van der Waals surface area contributed by atoms with Gasteiger partial charge in [0, 0.05) is 76.7 Å². The van der Waals surface area contributed by atoms with E-state index in [0.717, 1.165) is 42.0 Å². The molecule has 0 aromatic heterocycles. The average molecular weight is 557 g/mol. The van der Waals surface area contributed by atoms with Gasteiger partial charge >= 0.3 is 0 Å². The number of rotatable bonds is 8. The zero-order chi connectivity index (χ0) is 29.2. The monoisotopic (exact) mass is 556 g/mol. The lowest BCUT2D eigenvalue weighted by molar-refractivity contribution is -0.134. The Morgan fingerprint density at radius 3 is 2.37 bits per heavy atom. The minimum Gasteiger partial charge on any atom is -0.484 e. The van der Waals surface area contributed by atoms with Crippen LogP contribution < -0.4 is 14.5 Å². The molecule has 41 heavy (non-hydrogen) atoms. The first-order valence-electron chi connectivity index (χ1n) is 14.7. The molecule has 0 N–H and O–H groups in total. The normalized spacial score (nSPS) is 14.8. The largest absolute Gasteiger partial charge is 0.484 e. The zero-order valence-electron chi connectivity index (χ0n) is 25.0. The lowest BCUT2D eigenvalue weighted by Crippen LogP contribution is -2.42. The number of para-hydroxylation sites is 1. The van der Waals surface area contributed by atoms with Crippen LogP contribution in [0.5, 0.6) is 5.75 Å². The number of carbonyl (C=O) groups excluding carboxylic acids is 2. The van der Waals surface area contributed by atoms with Gasteiger partial charge in [-0.1, -0.05) is 54.6 Å². The Morgan fingerprint density at radius 2 is 1.61 bits per heavy atom. The number of nitrogens with zero attached hydrogens (tertiary/aromatic N) is 4. The topological polar surface area (TPSA) is 56.3 Å². The van der Waals surface area contributed by atoms with E-state index in [0.29, 0.717) is 44.3 Å². The molecule has 1 aliphatic rings. The van der Waals surface area contributed by atoms with Crippen LogP contribution in [0.4, 0.5) is 11.4 Å². The van der Waals surface area contributed by atoms with Crippen LogP contribution in [0.15, 0.2) is 78.9 Å². The highest BCUT2D eigenvalue weighted by atomic mass is 16.5. The molecule has 0 fully saturated rings. The maximum atomic E-state index is 13.7. The molecule has 218 valence electrons. The predicted octanol–water partition coefficient (Wildman–Crippen LogP) is 5.24. The van der Waals surface area contributed by atoms with Crippen LogP contribution in [0, 0.1) is 0 Å². The number of aryl methyl sites for hydroxylation is 1. The Hall–Kier alpha value is -3.84. The van der Waals surface area contributed by atoms with Gasteiger partial charge in [-0.25, -0.2) is 0 Å². The lowest BCUT2D eigenvalue weighted by atomic mass is 10.1. The van der Waals surface area contributed by atoms with Crippen molar-refractivity contribution in [2.75, 3.05) is 56.7 Å². The molecule has 0 bridgehead atoms. The van der Waals surface area contributed by atoms with Crippen LogP contribution in [-0.2, 0) is 22.6 Å². The van der Waals surface area contributed by atoms with Gasteiger partial charge in [0.2, 0.25) is 5.91 Å². The second-order valence-corrected chi connectivity index (χ2v) is 11.1. The highest BCUT2D eigenvalue weighted by Crippen LogP contribution is 2.25. The van der Waals surface area contributed by atoms with Crippen LogP contribution in [0.25, 0.3) is 0 Å². The van der Waals surface area contributed by atoms with Gasteiger partial charge in [0.1, 0.15) is 5.75 Å². The van der Waals surface area contributed by atoms with E-state index in [-0.39, 0.29) is 18.4 Å². The van der Waals surface area contributed by atoms with Gasteiger partial charge in [-0.05, 0) is 56.0 Å². The summed E-state index contributed by atoms with van der Waals surface area (Å²) in [4.78, 5) is 35.5. The Kier molecular flexibility index (Phi) is 10.8. The highest BCUT2D eigenvalue weighted by molar-refractivity contribution is 5.94. The van der Waals surface area contributed by atoms with E-state index in [9.17, 15) is 9.59 Å². The van der Waals surface area contributed by atoms with E-state index in [1.165, 1.54) is 0 Å². The molecule has 7 heteroatoms. The average Bonchev–Trinajstić information content (AvgIpc) is 3.02. The van der Waals surface area contributed by atoms with Crippen LogP contribution in [0.1, 0.15) is 37.8 Å². The molecule has 0 radical (unpaired) electrons. The van der Waals surface area contributed by atoms with Crippen molar-refractivity contribution in [1.82, 2.24) is 9.80 Å². The number of anilines is 2. The Labute approximate surface area is 245 Å². The molecule has 1 aliphatic heterocycles. The van der Waals surface area contributed by atoms with Crippen LogP contribution in [0.3, 0.4) is 0 Å². The SMILES string of the molecule is CC(C)N1CCCN(C(=O)CCc2ccccc2)c2ccccc2CN(C(=O)COc2cccc(N(C)C)c2)CC1. The zero-order valence-corrected chi connectivity index (χ0v) is 25.0. The highest BCUT2D eigenvalue weighted by Gasteiger charge is 2.24. The van der Waals surface area contributed by atoms with E-state index in [1.54, 1.807) is 0 Å². The number of benzene rings is 3. The van der Waals surface area contributed by atoms with E-state index in [1.807, 2.05) is 95.5 Å². The fraction of sp³-hybridized carbons (Fsp3) is 0.412. The number of hydrogen-bond acceptors (Lipinski definition) is 5. The third kappa shape index (κ3) is 8.57. The maximum absolute atomic E-state index is 13.7. The molecule has 0 spiro atoms. The van der Waals surface area contributed by atoms with Crippen molar-refractivity contribution in [3.8, 4) is 5.75 Å². The van der Waals surface area contributed by atoms with Crippen molar-refractivity contribution >= 4 is 23.2 Å². The standard InChI is InChI=1S/C34H44N4O3/c1-27(2)36-20-11-21-38(33(39)19-18-28-12-6-5-7-13-28)32-17-9-8-14-29(32)25-37(23-22-36)34(40)26-41-31-16-10-15-30(24-31)35(3)4/h5-10,12-17,24,27H,11,18-23,25-26H2,1-4H3. The molecule has 0 saturated heterocycles. The van der Waals surface area contributed by atoms with E-state index in [2.05, 4.69) is 30.9 Å². The van der Waals surface area contributed by atoms with Crippen molar-refractivity contribution in [2.45, 2.75) is 45.7 Å². The minimum absolute atomic E-state index is 0.0412. The molecule has 1 heterocycles. The van der Waals surface area contributed by atoms with Crippen molar-refractivity contribution in [3.05, 3.63) is 90.0 Å². The van der Waals surface area contributed by atoms with Crippen LogP contribution in [-0.4, -0.2) is 74.5 Å². The van der Waals surface area contributed by atoms with Gasteiger partial charge in [-0.15, -0.1) is 0 Å². The molecular formula is C34H44N4O3. The summed E-state index contributed by atoms with van der Waals surface area (Å²) in [6.07, 6.45) is 2.00. The van der Waals surface area contributed by atoms with Crippen LogP contribution in [0.2, 0.25) is 0 Å². The van der Waals surface area contributed by atoms with Gasteiger partial charge < -0.3 is 19.4 Å². The first-order valence-corrected chi connectivity index (χ1v) is 14.7. The van der Waals surface area contributed by atoms with Gasteiger partial charge in [-0.3, -0.25) is 14.5 Å². The molecule has 0 atom stereocenters. The molecule has 3 aromatic carbocycles. The number of hydrogen-bond donors (Lipinski definition) is 0. The molecule has 2 amide bonds. The van der Waals surface area contributed by atoms with Crippen molar-refractivity contribution in [3.63, 3.8) is 0 Å². The van der Waals surface area contributed by atoms with Gasteiger partial charge in [0.25, 0.3) is 5.91 Å². The third-order valence-corrected chi connectivity index (χ3v) is 7.68. The summed E-state index contributed by atoms with van der Waals surface area (Å²) in [7, 11) is 3.96. The molecule has 0 saturated carbocycles. The fourth-order valence-corrected chi connectivity index (χ4v) is 5.21. The van der Waals surface area contributed by atoms with E-state index in [4.69, 9.17) is 4.74 Å². The first-order chi connectivity index (χ1) is 19.8. The Balaban J connectivity index is 1.55. The number of ether oxygens (including phenoxy) is 1. The third-order valence-electron chi connectivity index (χ3n) is 7.68. The summed E-state index contributed by atoms with van der Waals surface area (Å²) in [5.41, 5.74) is 4.04. The summed E-state index contributed by atoms with van der Waals surface area (Å²) < 4.78 is 5.96. The minimum atomic E-state index is -0.0695. The summed E-state index contributed by atoms with van der Waals surface area (Å²) in [5, 5.41) is 0. The quantitative estimate of drug-likeness (QED) is 0.380. The van der Waals surface area contributed by atoms with Gasteiger partial charge in [-0.2, -0.15) is 0 Å². The molecule has 7 nitrogen and oxygen atoms in total. The maximum Gasteiger partial charge on any atom is 0.260 e. The summed E-state index contributed by atoms with van der Waals surface area (Å²) in [6.45, 7) is 7.61. The Bertz CT molecular complexity index is 1280. The van der Waals surface area contributed by atoms with Gasteiger partial charge in [0.05, 0.1) is 0 Å². The molecular weight excluding hydrogens is 512 g/mol. The van der Waals surface area contributed by atoms with Crippen molar-refractivity contribution in [1.29, 1.82) is 0 Å². The van der Waals surface area contributed by atoms with E-state index < -0.39 is 0 Å².